The van der Waals surface area contributed by atoms with Crippen LogP contribution in [-0.4, -0.2) is 30.9 Å². The minimum Gasteiger partial charge on any atom is -0.493 e. The third-order valence-electron chi connectivity index (χ3n) is 10.7. The van der Waals surface area contributed by atoms with Gasteiger partial charge in [0.1, 0.15) is 25.3 Å². The van der Waals surface area contributed by atoms with Crippen LogP contribution in [0.15, 0.2) is 138 Å². The van der Waals surface area contributed by atoms with Crippen molar-refractivity contribution in [1.82, 2.24) is 9.55 Å². The van der Waals surface area contributed by atoms with E-state index in [0.717, 1.165) is 55.4 Å². The van der Waals surface area contributed by atoms with Gasteiger partial charge >= 0.3 is 0 Å². The number of nitrogens with one attached hydrogen (secondary N) is 1. The van der Waals surface area contributed by atoms with Gasteiger partial charge in [-0.1, -0.05) is 97.1 Å². The van der Waals surface area contributed by atoms with Crippen LogP contribution in [0.1, 0.15) is 22.3 Å². The molecule has 1 aliphatic heterocycles. The van der Waals surface area contributed by atoms with Crippen LogP contribution in [0.2, 0.25) is 0 Å². The van der Waals surface area contributed by atoms with Gasteiger partial charge in [0.05, 0.1) is 32.5 Å². The summed E-state index contributed by atoms with van der Waals surface area (Å²) in [5.41, 5.74) is 8.77. The van der Waals surface area contributed by atoms with Crippen molar-refractivity contribution in [1.29, 1.82) is 0 Å². The minimum atomic E-state index is -0.206. The highest BCUT2D eigenvalue weighted by molar-refractivity contribution is 6.17. The highest BCUT2D eigenvalue weighted by atomic mass is 16.5. The molecule has 8 aromatic rings. The van der Waals surface area contributed by atoms with Crippen molar-refractivity contribution >= 4 is 21.8 Å². The van der Waals surface area contributed by atoms with E-state index in [9.17, 15) is 4.79 Å². The molecule has 0 atom stereocenters. The maximum atomic E-state index is 14.4. The average molecular weight is 771 g/mol. The first-order valence-electron chi connectivity index (χ1n) is 19.2. The van der Waals surface area contributed by atoms with Crippen LogP contribution < -0.4 is 34.0 Å². The largest absolute Gasteiger partial charge is 0.493 e. The van der Waals surface area contributed by atoms with Crippen LogP contribution in [0.25, 0.3) is 44.2 Å². The second-order valence-corrected chi connectivity index (χ2v) is 14.2. The molecule has 9 rings (SSSR count). The van der Waals surface area contributed by atoms with E-state index in [1.807, 2.05) is 127 Å². The molecule has 1 aliphatic rings. The van der Waals surface area contributed by atoms with Crippen LogP contribution >= 0.6 is 0 Å². The summed E-state index contributed by atoms with van der Waals surface area (Å²) in [5.74, 6) is 3.52. The second-order valence-electron chi connectivity index (χ2n) is 14.2. The molecule has 290 valence electrons. The standard InChI is InChI=1S/C49H42N2O7/c1-53-40-24-35(19-20-39(40)56-28-31-13-7-4-8-14-31)45-46-37-26-42(55-3)44(58-30-33-17-11-6-12-18-33)27-38(37)50-49(52)48(46)51-22-21-34-23-43(41(54-2)25-36(34)47(45)51)57-29-32-15-9-5-10-16-32/h4-20,23-27H,21-22,28-30H2,1-3H3,(H,50,52). The quantitative estimate of drug-likeness (QED) is 0.125. The Morgan fingerprint density at radius 1 is 0.569 bits per heavy atom. The SMILES string of the molecule is COc1cc(-c2c3n(c4c(=O)[nH]c5cc(OCc6ccccc6)c(OC)cc5c24)CCc2cc(OCc4ccccc4)c(OC)cc2-3)ccc1OCc1ccccc1. The van der Waals surface area contributed by atoms with Crippen LogP contribution in [-0.2, 0) is 32.8 Å². The first-order chi connectivity index (χ1) is 28.5. The van der Waals surface area contributed by atoms with Gasteiger partial charge in [-0.15, -0.1) is 0 Å². The zero-order valence-corrected chi connectivity index (χ0v) is 32.5. The molecule has 0 fully saturated rings. The number of aryl methyl sites for hydroxylation is 2. The summed E-state index contributed by atoms with van der Waals surface area (Å²) in [6.45, 7) is 1.70. The van der Waals surface area contributed by atoms with E-state index in [1.165, 1.54) is 0 Å². The molecule has 9 nitrogen and oxygen atoms in total. The molecule has 0 radical (unpaired) electrons. The molecule has 0 aliphatic carbocycles. The van der Waals surface area contributed by atoms with Crippen LogP contribution in [0.3, 0.4) is 0 Å². The van der Waals surface area contributed by atoms with E-state index in [1.54, 1.807) is 21.3 Å². The van der Waals surface area contributed by atoms with Gasteiger partial charge in [0.25, 0.3) is 5.56 Å². The number of pyridine rings is 1. The Bertz CT molecular complexity index is 2810. The summed E-state index contributed by atoms with van der Waals surface area (Å²) < 4.78 is 39.0. The molecule has 0 unspecified atom stereocenters. The average Bonchev–Trinajstić information content (AvgIpc) is 3.64. The number of benzene rings is 6. The van der Waals surface area contributed by atoms with E-state index in [0.29, 0.717) is 78.3 Å². The fraction of sp³-hybridized carbons (Fsp3) is 0.163. The molecule has 1 N–H and O–H groups in total. The minimum absolute atomic E-state index is 0.206. The molecule has 0 spiro atoms. The Hall–Kier alpha value is -7.13. The zero-order valence-electron chi connectivity index (χ0n) is 32.5. The van der Waals surface area contributed by atoms with Gasteiger partial charge in [0, 0.05) is 34.5 Å². The highest BCUT2D eigenvalue weighted by Crippen LogP contribution is 2.50. The highest BCUT2D eigenvalue weighted by Gasteiger charge is 2.30. The number of H-pyrrole nitrogens is 1. The van der Waals surface area contributed by atoms with E-state index in [2.05, 4.69) is 15.6 Å². The Kier molecular flexibility index (Phi) is 9.93. The molecule has 0 bridgehead atoms. The Balaban J connectivity index is 1.23. The number of hydrogen-bond donors (Lipinski definition) is 1. The molecule has 3 heterocycles. The predicted molar refractivity (Wildman–Crippen MR) is 227 cm³/mol. The molecular formula is C49H42N2O7. The Labute approximate surface area is 335 Å². The Morgan fingerprint density at radius 3 is 1.69 bits per heavy atom. The van der Waals surface area contributed by atoms with E-state index in [4.69, 9.17) is 28.4 Å². The van der Waals surface area contributed by atoms with Crippen molar-refractivity contribution in [2.75, 3.05) is 21.3 Å². The molecular weight excluding hydrogens is 729 g/mol. The number of aromatic amines is 1. The summed E-state index contributed by atoms with van der Waals surface area (Å²) >= 11 is 0. The number of nitrogens with zero attached hydrogens (tertiary/aromatic N) is 1. The van der Waals surface area contributed by atoms with Gasteiger partial charge in [-0.2, -0.15) is 0 Å². The van der Waals surface area contributed by atoms with Crippen molar-refractivity contribution in [2.24, 2.45) is 0 Å². The van der Waals surface area contributed by atoms with E-state index in [-0.39, 0.29) is 5.56 Å². The lowest BCUT2D eigenvalue weighted by molar-refractivity contribution is 0.284. The van der Waals surface area contributed by atoms with Crippen molar-refractivity contribution in [3.8, 4) is 56.9 Å². The molecule has 9 heteroatoms. The van der Waals surface area contributed by atoms with Crippen LogP contribution in [0.4, 0.5) is 0 Å². The normalized spacial score (nSPS) is 11.8. The van der Waals surface area contributed by atoms with Gasteiger partial charge in [-0.3, -0.25) is 4.79 Å². The maximum Gasteiger partial charge on any atom is 0.272 e. The lowest BCUT2D eigenvalue weighted by Crippen LogP contribution is -2.16. The van der Waals surface area contributed by atoms with Gasteiger partial charge in [-0.25, -0.2) is 0 Å². The first kappa shape index (κ1) is 36.5. The van der Waals surface area contributed by atoms with Gasteiger partial charge in [-0.05, 0) is 64.6 Å². The van der Waals surface area contributed by atoms with Crippen molar-refractivity contribution in [3.05, 3.63) is 166 Å². The lowest BCUT2D eigenvalue weighted by atomic mass is 9.91. The summed E-state index contributed by atoms with van der Waals surface area (Å²) in [5, 5.41) is 1.60. The van der Waals surface area contributed by atoms with E-state index >= 15 is 0 Å². The predicted octanol–water partition coefficient (Wildman–Crippen LogP) is 10.1. The number of ether oxygens (including phenoxy) is 6. The molecule has 58 heavy (non-hydrogen) atoms. The van der Waals surface area contributed by atoms with Crippen molar-refractivity contribution in [3.63, 3.8) is 0 Å². The third kappa shape index (κ3) is 6.85. The van der Waals surface area contributed by atoms with Gasteiger partial charge < -0.3 is 38.0 Å². The summed E-state index contributed by atoms with van der Waals surface area (Å²) in [7, 11) is 4.92. The van der Waals surface area contributed by atoms with Gasteiger partial charge in [0.15, 0.2) is 34.5 Å². The van der Waals surface area contributed by atoms with Gasteiger partial charge in [0.2, 0.25) is 0 Å². The summed E-state index contributed by atoms with van der Waals surface area (Å²) in [6.07, 6.45) is 0.680. The molecule has 6 aromatic carbocycles. The topological polar surface area (TPSA) is 93.2 Å². The molecule has 0 amide bonds. The van der Waals surface area contributed by atoms with E-state index < -0.39 is 0 Å². The van der Waals surface area contributed by atoms with Crippen molar-refractivity contribution in [2.45, 2.75) is 32.8 Å². The fourth-order valence-electron chi connectivity index (χ4n) is 7.91. The van der Waals surface area contributed by atoms with Crippen LogP contribution in [0, 0.1) is 0 Å². The smallest absolute Gasteiger partial charge is 0.272 e. The number of aromatic nitrogens is 2. The number of fused-ring (bicyclic) bond motifs is 7. The molecule has 2 aromatic heterocycles. The number of hydrogen-bond acceptors (Lipinski definition) is 7. The summed E-state index contributed by atoms with van der Waals surface area (Å²) in [6, 6.07) is 43.9. The summed E-state index contributed by atoms with van der Waals surface area (Å²) in [4.78, 5) is 17.6. The number of rotatable bonds is 13. The second kappa shape index (κ2) is 15.8. The molecule has 0 saturated carbocycles. The first-order valence-corrected chi connectivity index (χ1v) is 19.2. The number of methoxy groups -OCH3 is 3. The Morgan fingerprint density at radius 2 is 1.10 bits per heavy atom. The third-order valence-corrected chi connectivity index (χ3v) is 10.7. The van der Waals surface area contributed by atoms with Crippen LogP contribution in [0.5, 0.6) is 34.5 Å². The lowest BCUT2D eigenvalue weighted by Gasteiger charge is -2.24. The maximum absolute atomic E-state index is 14.4. The zero-order chi connectivity index (χ0) is 39.6. The fourth-order valence-corrected chi connectivity index (χ4v) is 7.91. The van der Waals surface area contributed by atoms with Crippen molar-refractivity contribution < 1.29 is 28.4 Å². The molecule has 0 saturated heterocycles. The monoisotopic (exact) mass is 770 g/mol.